The standard InChI is InChI=1S/C13H13Cl2N3O2S/c1-7(19)17-13-18-9(6-21-13)5-16-8-3-10(14)12(20-2)11(15)4-8/h3-4,6,16H,5H2,1-2H3,(H,17,18,19). The summed E-state index contributed by atoms with van der Waals surface area (Å²) in [5.74, 6) is 0.308. The first-order chi connectivity index (χ1) is 9.99. The lowest BCUT2D eigenvalue weighted by Gasteiger charge is -2.10. The third kappa shape index (κ3) is 4.23. The molecule has 0 spiro atoms. The van der Waals surface area contributed by atoms with Crippen LogP contribution in [0, 0.1) is 0 Å². The van der Waals surface area contributed by atoms with Crippen LogP contribution in [0.3, 0.4) is 0 Å². The minimum Gasteiger partial charge on any atom is -0.494 e. The average molecular weight is 346 g/mol. The number of rotatable bonds is 5. The summed E-state index contributed by atoms with van der Waals surface area (Å²) in [6.07, 6.45) is 0. The van der Waals surface area contributed by atoms with E-state index >= 15 is 0 Å². The molecule has 1 amide bonds. The van der Waals surface area contributed by atoms with Gasteiger partial charge < -0.3 is 15.4 Å². The number of hydrogen-bond acceptors (Lipinski definition) is 5. The number of thiazole rings is 1. The zero-order valence-electron chi connectivity index (χ0n) is 11.4. The molecule has 0 aliphatic carbocycles. The Morgan fingerprint density at radius 1 is 1.38 bits per heavy atom. The molecule has 21 heavy (non-hydrogen) atoms. The minimum atomic E-state index is -0.141. The highest BCUT2D eigenvalue weighted by Gasteiger charge is 2.09. The molecule has 1 aromatic carbocycles. The lowest BCUT2D eigenvalue weighted by Crippen LogP contribution is -2.06. The lowest BCUT2D eigenvalue weighted by molar-refractivity contribution is -0.114. The second-order valence-electron chi connectivity index (χ2n) is 4.15. The van der Waals surface area contributed by atoms with E-state index in [2.05, 4.69) is 15.6 Å². The van der Waals surface area contributed by atoms with Crippen molar-refractivity contribution in [2.75, 3.05) is 17.7 Å². The summed E-state index contributed by atoms with van der Waals surface area (Å²) in [4.78, 5) is 15.2. The maximum atomic E-state index is 10.9. The number of carbonyl (C=O) groups excluding carboxylic acids is 1. The smallest absolute Gasteiger partial charge is 0.223 e. The molecule has 2 N–H and O–H groups in total. The van der Waals surface area contributed by atoms with Crippen molar-refractivity contribution in [2.45, 2.75) is 13.5 Å². The first kappa shape index (κ1) is 15.9. The van der Waals surface area contributed by atoms with Crippen molar-refractivity contribution < 1.29 is 9.53 Å². The van der Waals surface area contributed by atoms with Crippen molar-refractivity contribution in [3.05, 3.63) is 33.3 Å². The van der Waals surface area contributed by atoms with Gasteiger partial charge in [0.15, 0.2) is 10.9 Å². The van der Waals surface area contributed by atoms with Crippen LogP contribution in [0.1, 0.15) is 12.6 Å². The predicted octanol–water partition coefficient (Wildman–Crippen LogP) is 4.03. The van der Waals surface area contributed by atoms with E-state index < -0.39 is 0 Å². The highest BCUT2D eigenvalue weighted by atomic mass is 35.5. The maximum Gasteiger partial charge on any atom is 0.223 e. The molecule has 0 atom stereocenters. The van der Waals surface area contributed by atoms with Crippen LogP contribution in [0.5, 0.6) is 5.75 Å². The summed E-state index contributed by atoms with van der Waals surface area (Å²) in [6.45, 7) is 1.94. The summed E-state index contributed by atoms with van der Waals surface area (Å²) in [5, 5.41) is 9.12. The summed E-state index contributed by atoms with van der Waals surface area (Å²) in [7, 11) is 1.51. The normalized spacial score (nSPS) is 10.3. The van der Waals surface area contributed by atoms with Crippen LogP contribution in [0.4, 0.5) is 10.8 Å². The van der Waals surface area contributed by atoms with Gasteiger partial charge in [-0.1, -0.05) is 23.2 Å². The molecule has 0 aliphatic heterocycles. The van der Waals surface area contributed by atoms with Crippen LogP contribution in [-0.2, 0) is 11.3 Å². The van der Waals surface area contributed by atoms with Gasteiger partial charge in [0.2, 0.25) is 5.91 Å². The van der Waals surface area contributed by atoms with Crippen molar-refractivity contribution in [3.8, 4) is 5.75 Å². The maximum absolute atomic E-state index is 10.9. The van der Waals surface area contributed by atoms with Crippen LogP contribution in [0.2, 0.25) is 10.0 Å². The zero-order valence-corrected chi connectivity index (χ0v) is 13.7. The van der Waals surface area contributed by atoms with Gasteiger partial charge in [-0.05, 0) is 12.1 Å². The molecule has 8 heteroatoms. The fraction of sp³-hybridized carbons (Fsp3) is 0.231. The molecule has 0 fully saturated rings. The number of benzene rings is 1. The van der Waals surface area contributed by atoms with Crippen molar-refractivity contribution in [2.24, 2.45) is 0 Å². The molecule has 0 aliphatic rings. The van der Waals surface area contributed by atoms with Gasteiger partial charge in [-0.25, -0.2) is 4.98 Å². The first-order valence-electron chi connectivity index (χ1n) is 5.98. The van der Waals surface area contributed by atoms with Crippen molar-refractivity contribution in [1.29, 1.82) is 0 Å². The highest BCUT2D eigenvalue weighted by molar-refractivity contribution is 7.13. The van der Waals surface area contributed by atoms with E-state index in [9.17, 15) is 4.79 Å². The van der Waals surface area contributed by atoms with Gasteiger partial charge >= 0.3 is 0 Å². The molecule has 2 aromatic rings. The molecule has 0 saturated carbocycles. The van der Waals surface area contributed by atoms with Gasteiger partial charge in [0.1, 0.15) is 0 Å². The molecular formula is C13H13Cl2N3O2S. The molecule has 1 heterocycles. The van der Waals surface area contributed by atoms with Gasteiger partial charge in [0.25, 0.3) is 0 Å². The fourth-order valence-electron chi connectivity index (χ4n) is 1.65. The number of amides is 1. The van der Waals surface area contributed by atoms with Crippen molar-refractivity contribution in [1.82, 2.24) is 4.98 Å². The lowest BCUT2D eigenvalue weighted by atomic mass is 10.3. The number of anilines is 2. The fourth-order valence-corrected chi connectivity index (χ4v) is 3.04. The van der Waals surface area contributed by atoms with E-state index in [4.69, 9.17) is 27.9 Å². The monoisotopic (exact) mass is 345 g/mol. The van der Waals surface area contributed by atoms with E-state index in [1.165, 1.54) is 25.4 Å². The number of nitrogens with zero attached hydrogens (tertiary/aromatic N) is 1. The third-order valence-corrected chi connectivity index (χ3v) is 3.88. The van der Waals surface area contributed by atoms with Crippen LogP contribution >= 0.6 is 34.5 Å². The molecule has 0 unspecified atom stereocenters. The third-order valence-electron chi connectivity index (χ3n) is 2.51. The largest absolute Gasteiger partial charge is 0.494 e. The van der Waals surface area contributed by atoms with Gasteiger partial charge in [0.05, 0.1) is 29.4 Å². The van der Waals surface area contributed by atoms with E-state index in [-0.39, 0.29) is 5.91 Å². The Labute approximate surface area is 136 Å². The quantitative estimate of drug-likeness (QED) is 0.858. The Bertz CT molecular complexity index is 638. The van der Waals surface area contributed by atoms with E-state index in [0.29, 0.717) is 27.5 Å². The number of halogens is 2. The van der Waals surface area contributed by atoms with E-state index in [0.717, 1.165) is 11.4 Å². The Morgan fingerprint density at radius 3 is 2.62 bits per heavy atom. The van der Waals surface area contributed by atoms with Crippen LogP contribution in [0.15, 0.2) is 17.5 Å². The molecular weight excluding hydrogens is 333 g/mol. The first-order valence-corrected chi connectivity index (χ1v) is 7.62. The van der Waals surface area contributed by atoms with Gasteiger partial charge in [-0.3, -0.25) is 4.79 Å². The Morgan fingerprint density at radius 2 is 2.05 bits per heavy atom. The second kappa shape index (κ2) is 6.98. The summed E-state index contributed by atoms with van der Waals surface area (Å²) < 4.78 is 5.09. The Kier molecular flexibility index (Phi) is 5.27. The Balaban J connectivity index is 2.03. The molecule has 5 nitrogen and oxygen atoms in total. The number of nitrogens with one attached hydrogen (secondary N) is 2. The summed E-state index contributed by atoms with van der Waals surface area (Å²) in [5.41, 5.74) is 1.58. The van der Waals surface area contributed by atoms with Crippen LogP contribution < -0.4 is 15.4 Å². The van der Waals surface area contributed by atoms with E-state index in [1.807, 2.05) is 5.38 Å². The van der Waals surface area contributed by atoms with Gasteiger partial charge in [0, 0.05) is 18.0 Å². The number of carbonyl (C=O) groups is 1. The van der Waals surface area contributed by atoms with Crippen LogP contribution in [-0.4, -0.2) is 18.0 Å². The molecule has 112 valence electrons. The van der Waals surface area contributed by atoms with Crippen molar-refractivity contribution >= 4 is 51.3 Å². The predicted molar refractivity (Wildman–Crippen MR) is 86.8 cm³/mol. The van der Waals surface area contributed by atoms with Gasteiger partial charge in [-0.15, -0.1) is 11.3 Å². The molecule has 2 rings (SSSR count). The molecule has 0 saturated heterocycles. The number of methoxy groups -OCH3 is 1. The van der Waals surface area contributed by atoms with E-state index in [1.54, 1.807) is 12.1 Å². The number of aromatic nitrogens is 1. The zero-order chi connectivity index (χ0) is 15.4. The molecule has 1 aromatic heterocycles. The molecule has 0 radical (unpaired) electrons. The average Bonchev–Trinajstić information content (AvgIpc) is 2.83. The SMILES string of the molecule is COc1c(Cl)cc(NCc2csc(NC(C)=O)n2)cc1Cl. The van der Waals surface area contributed by atoms with Gasteiger partial charge in [-0.2, -0.15) is 0 Å². The van der Waals surface area contributed by atoms with Crippen molar-refractivity contribution in [3.63, 3.8) is 0 Å². The summed E-state index contributed by atoms with van der Waals surface area (Å²) >= 11 is 13.5. The number of hydrogen-bond donors (Lipinski definition) is 2. The highest BCUT2D eigenvalue weighted by Crippen LogP contribution is 2.35. The number of ether oxygens (including phenoxy) is 1. The topological polar surface area (TPSA) is 63.2 Å². The Hall–Kier alpha value is -1.50. The summed E-state index contributed by atoms with van der Waals surface area (Å²) in [6, 6.07) is 3.46. The second-order valence-corrected chi connectivity index (χ2v) is 5.82. The van der Waals surface area contributed by atoms with Crippen LogP contribution in [0.25, 0.3) is 0 Å². The molecule has 0 bridgehead atoms. The minimum absolute atomic E-state index is 0.141.